The Labute approximate surface area is 100 Å². The van der Waals surface area contributed by atoms with Gasteiger partial charge in [0.15, 0.2) is 0 Å². The fourth-order valence-corrected chi connectivity index (χ4v) is 2.47. The maximum atomic E-state index is 3.46. The van der Waals surface area contributed by atoms with Gasteiger partial charge in [0.1, 0.15) is 0 Å². The highest BCUT2D eigenvalue weighted by Gasteiger charge is 2.13. The molecular formula is C13H18BrN. The normalized spacial score (nSPS) is 20.7. The van der Waals surface area contributed by atoms with Gasteiger partial charge >= 0.3 is 0 Å². The van der Waals surface area contributed by atoms with Gasteiger partial charge in [-0.3, -0.25) is 0 Å². The number of hydrogen-bond donors (Lipinski definition) is 1. The maximum Gasteiger partial charge on any atom is 0.0175 e. The molecule has 1 fully saturated rings. The molecule has 1 aromatic carbocycles. The number of nitrogens with one attached hydrogen (secondary N) is 1. The van der Waals surface area contributed by atoms with E-state index in [0.717, 1.165) is 5.92 Å². The fourth-order valence-electron chi connectivity index (χ4n) is 2.21. The summed E-state index contributed by atoms with van der Waals surface area (Å²) in [6.07, 6.45) is 5.31. The second-order valence-corrected chi connectivity index (χ2v) is 5.29. The third-order valence-electron chi connectivity index (χ3n) is 3.15. The number of rotatable bonds is 4. The summed E-state index contributed by atoms with van der Waals surface area (Å²) >= 11 is 3.46. The third kappa shape index (κ3) is 3.62. The van der Waals surface area contributed by atoms with Crippen LogP contribution in [0.4, 0.5) is 0 Å². The summed E-state index contributed by atoms with van der Waals surface area (Å²) in [5, 5.41) is 3.42. The zero-order valence-electron chi connectivity index (χ0n) is 9.01. The number of aryl methyl sites for hydroxylation is 1. The molecule has 1 aliphatic heterocycles. The van der Waals surface area contributed by atoms with Crippen molar-refractivity contribution in [2.24, 2.45) is 5.92 Å². The molecule has 2 heteroatoms. The van der Waals surface area contributed by atoms with Gasteiger partial charge in [0, 0.05) is 4.47 Å². The van der Waals surface area contributed by atoms with E-state index in [9.17, 15) is 0 Å². The second kappa shape index (κ2) is 5.66. The monoisotopic (exact) mass is 267 g/mol. The summed E-state index contributed by atoms with van der Waals surface area (Å²) < 4.78 is 1.17. The first kappa shape index (κ1) is 11.2. The molecule has 1 aliphatic rings. The number of benzene rings is 1. The van der Waals surface area contributed by atoms with Gasteiger partial charge in [0.05, 0.1) is 0 Å². The Bertz CT molecular complexity index is 288. The SMILES string of the molecule is Brc1ccc(CCCC2CCNC2)cc1. The van der Waals surface area contributed by atoms with Crippen LogP contribution in [0, 0.1) is 5.92 Å². The van der Waals surface area contributed by atoms with Crippen LogP contribution < -0.4 is 5.32 Å². The molecule has 1 N–H and O–H groups in total. The van der Waals surface area contributed by atoms with E-state index in [2.05, 4.69) is 45.5 Å². The van der Waals surface area contributed by atoms with Crippen molar-refractivity contribution >= 4 is 15.9 Å². The Morgan fingerprint density at radius 3 is 2.73 bits per heavy atom. The van der Waals surface area contributed by atoms with E-state index in [1.807, 2.05) is 0 Å². The summed E-state index contributed by atoms with van der Waals surface area (Å²) in [6, 6.07) is 8.70. The molecule has 0 saturated carbocycles. The lowest BCUT2D eigenvalue weighted by Gasteiger charge is -2.07. The van der Waals surface area contributed by atoms with Crippen molar-refractivity contribution in [3.8, 4) is 0 Å². The van der Waals surface area contributed by atoms with Crippen LogP contribution in [-0.2, 0) is 6.42 Å². The molecular weight excluding hydrogens is 250 g/mol. The predicted octanol–water partition coefficient (Wildman–Crippen LogP) is 3.38. The van der Waals surface area contributed by atoms with Gasteiger partial charge in [0.25, 0.3) is 0 Å². The van der Waals surface area contributed by atoms with E-state index in [4.69, 9.17) is 0 Å². The molecule has 1 atom stereocenters. The van der Waals surface area contributed by atoms with Crippen LogP contribution in [0.15, 0.2) is 28.7 Å². The molecule has 0 spiro atoms. The Morgan fingerprint density at radius 1 is 1.27 bits per heavy atom. The van der Waals surface area contributed by atoms with Gasteiger partial charge in [-0.2, -0.15) is 0 Å². The maximum absolute atomic E-state index is 3.46. The molecule has 0 aromatic heterocycles. The van der Waals surface area contributed by atoms with Gasteiger partial charge in [-0.1, -0.05) is 28.1 Å². The molecule has 1 nitrogen and oxygen atoms in total. The fraction of sp³-hybridized carbons (Fsp3) is 0.538. The Hall–Kier alpha value is -0.340. The molecule has 0 bridgehead atoms. The van der Waals surface area contributed by atoms with Crippen LogP contribution in [-0.4, -0.2) is 13.1 Å². The van der Waals surface area contributed by atoms with Crippen molar-refractivity contribution in [2.45, 2.75) is 25.7 Å². The lowest BCUT2D eigenvalue weighted by molar-refractivity contribution is 0.510. The Kier molecular flexibility index (Phi) is 4.21. The van der Waals surface area contributed by atoms with Crippen molar-refractivity contribution in [3.05, 3.63) is 34.3 Å². The molecule has 1 heterocycles. The van der Waals surface area contributed by atoms with Crippen LogP contribution in [0.3, 0.4) is 0 Å². The lowest BCUT2D eigenvalue weighted by atomic mass is 9.99. The highest BCUT2D eigenvalue weighted by molar-refractivity contribution is 9.10. The predicted molar refractivity (Wildman–Crippen MR) is 68.1 cm³/mol. The van der Waals surface area contributed by atoms with Crippen molar-refractivity contribution in [1.29, 1.82) is 0 Å². The largest absolute Gasteiger partial charge is 0.316 e. The summed E-state index contributed by atoms with van der Waals surface area (Å²) in [5.74, 6) is 0.931. The zero-order chi connectivity index (χ0) is 10.5. The van der Waals surface area contributed by atoms with Crippen LogP contribution >= 0.6 is 15.9 Å². The van der Waals surface area contributed by atoms with Gasteiger partial charge in [-0.05, 0) is 62.4 Å². The van der Waals surface area contributed by atoms with Crippen molar-refractivity contribution in [3.63, 3.8) is 0 Å². The molecule has 2 rings (SSSR count). The van der Waals surface area contributed by atoms with E-state index < -0.39 is 0 Å². The molecule has 0 radical (unpaired) electrons. The molecule has 82 valence electrons. The minimum Gasteiger partial charge on any atom is -0.316 e. The third-order valence-corrected chi connectivity index (χ3v) is 3.68. The smallest absolute Gasteiger partial charge is 0.0175 e. The van der Waals surface area contributed by atoms with Crippen LogP contribution in [0.5, 0.6) is 0 Å². The number of halogens is 1. The standard InChI is InChI=1S/C13H18BrN/c14-13-6-4-11(5-7-13)2-1-3-12-8-9-15-10-12/h4-7,12,15H,1-3,8-10H2. The summed E-state index contributed by atoms with van der Waals surface area (Å²) in [6.45, 7) is 2.46. The van der Waals surface area contributed by atoms with Gasteiger partial charge < -0.3 is 5.32 Å². The minimum atomic E-state index is 0.931. The minimum absolute atomic E-state index is 0.931. The van der Waals surface area contributed by atoms with E-state index >= 15 is 0 Å². The molecule has 1 aromatic rings. The molecule has 0 aliphatic carbocycles. The van der Waals surface area contributed by atoms with Crippen LogP contribution in [0.2, 0.25) is 0 Å². The summed E-state index contributed by atoms with van der Waals surface area (Å²) in [7, 11) is 0. The first-order valence-corrected chi connectivity index (χ1v) is 6.59. The topological polar surface area (TPSA) is 12.0 Å². The highest BCUT2D eigenvalue weighted by atomic mass is 79.9. The van der Waals surface area contributed by atoms with Crippen molar-refractivity contribution in [2.75, 3.05) is 13.1 Å². The van der Waals surface area contributed by atoms with Crippen molar-refractivity contribution < 1.29 is 0 Å². The molecule has 1 saturated heterocycles. The van der Waals surface area contributed by atoms with Gasteiger partial charge in [-0.15, -0.1) is 0 Å². The first-order chi connectivity index (χ1) is 7.34. The number of hydrogen-bond acceptors (Lipinski definition) is 1. The van der Waals surface area contributed by atoms with Crippen LogP contribution in [0.1, 0.15) is 24.8 Å². The van der Waals surface area contributed by atoms with E-state index in [1.54, 1.807) is 0 Å². The molecule has 1 unspecified atom stereocenters. The van der Waals surface area contributed by atoms with Crippen LogP contribution in [0.25, 0.3) is 0 Å². The van der Waals surface area contributed by atoms with E-state index in [-0.39, 0.29) is 0 Å². The van der Waals surface area contributed by atoms with Crippen molar-refractivity contribution in [1.82, 2.24) is 5.32 Å². The Balaban J connectivity index is 1.71. The first-order valence-electron chi connectivity index (χ1n) is 5.80. The van der Waals surface area contributed by atoms with Gasteiger partial charge in [-0.25, -0.2) is 0 Å². The summed E-state index contributed by atoms with van der Waals surface area (Å²) in [4.78, 5) is 0. The quantitative estimate of drug-likeness (QED) is 0.882. The summed E-state index contributed by atoms with van der Waals surface area (Å²) in [5.41, 5.74) is 1.46. The van der Waals surface area contributed by atoms with Gasteiger partial charge in [0.2, 0.25) is 0 Å². The van der Waals surface area contributed by atoms with E-state index in [0.29, 0.717) is 0 Å². The average molecular weight is 268 g/mol. The lowest BCUT2D eigenvalue weighted by Crippen LogP contribution is -2.08. The zero-order valence-corrected chi connectivity index (χ0v) is 10.6. The second-order valence-electron chi connectivity index (χ2n) is 4.38. The van der Waals surface area contributed by atoms with E-state index in [1.165, 1.54) is 48.8 Å². The molecule has 15 heavy (non-hydrogen) atoms. The average Bonchev–Trinajstić information content (AvgIpc) is 2.74. The Morgan fingerprint density at radius 2 is 2.07 bits per heavy atom. The highest BCUT2D eigenvalue weighted by Crippen LogP contribution is 2.17. The molecule has 0 amide bonds.